The van der Waals surface area contributed by atoms with Crippen molar-refractivity contribution in [3.8, 4) is 12.1 Å². The van der Waals surface area contributed by atoms with Gasteiger partial charge in [0, 0.05) is 64.4 Å². The molecule has 8 rings (SSSR count). The molecule has 6 heterocycles. The van der Waals surface area contributed by atoms with E-state index in [4.69, 9.17) is 27.2 Å². The number of alkyl halides is 6. The maximum absolute atomic E-state index is 13.7. The molecule has 4 fully saturated rings. The number of carbonyl (C=O) groups excluding carboxylic acids is 2. The molecule has 2 aromatic carbocycles. The van der Waals surface area contributed by atoms with Crippen LogP contribution in [0.25, 0.3) is 0 Å². The topological polar surface area (TPSA) is 195 Å². The largest absolute Gasteiger partial charge is 0.451 e. The number of rotatable bonds is 15. The molecule has 0 amide bonds. The molecule has 0 aliphatic carbocycles. The highest BCUT2D eigenvalue weighted by molar-refractivity contribution is 6.29. The fourth-order valence-electron chi connectivity index (χ4n) is 9.46. The van der Waals surface area contributed by atoms with E-state index in [0.717, 1.165) is 37.1 Å². The van der Waals surface area contributed by atoms with E-state index < -0.39 is 36.1 Å². The normalized spacial score (nSPS) is 18.5. The monoisotopic (exact) mass is 1040 g/mol. The molecule has 0 unspecified atom stereocenters. The number of hydrogen-bond donors (Lipinski definition) is 3. The molecule has 4 aromatic rings. The third-order valence-corrected chi connectivity index (χ3v) is 13.8. The zero-order valence-electron chi connectivity index (χ0n) is 40.5. The van der Waals surface area contributed by atoms with Crippen LogP contribution in [0.15, 0.2) is 60.7 Å². The van der Waals surface area contributed by atoms with Crippen molar-refractivity contribution < 1.29 is 46.1 Å². The van der Waals surface area contributed by atoms with Crippen LogP contribution in [0.3, 0.4) is 0 Å². The van der Waals surface area contributed by atoms with Gasteiger partial charge >= 0.3 is 12.4 Å². The number of Topliss-reactive ketones (excluding diaryl/α,β-unsaturated/α-hetero) is 2. The number of anilines is 3. The van der Waals surface area contributed by atoms with Crippen molar-refractivity contribution in [3.05, 3.63) is 99.7 Å². The van der Waals surface area contributed by atoms with Gasteiger partial charge in [0.15, 0.2) is 11.6 Å². The van der Waals surface area contributed by atoms with Crippen molar-refractivity contribution in [1.82, 2.24) is 25.3 Å². The van der Waals surface area contributed by atoms with Crippen LogP contribution >= 0.6 is 11.6 Å². The van der Waals surface area contributed by atoms with Gasteiger partial charge in [-0.3, -0.25) is 9.59 Å². The first kappa shape index (κ1) is 56.4. The summed E-state index contributed by atoms with van der Waals surface area (Å²) in [6.07, 6.45) is 0.0350. The van der Waals surface area contributed by atoms with E-state index in [-0.39, 0.29) is 46.7 Å². The summed E-state index contributed by atoms with van der Waals surface area (Å²) in [5, 5.41) is 38.7. The maximum atomic E-state index is 13.7. The van der Waals surface area contributed by atoms with Crippen LogP contribution in [-0.4, -0.2) is 106 Å². The number of halogens is 7. The number of carbonyl (C=O) groups is 2. The average molecular weight is 1040 g/mol. The number of nitrogens with zero attached hydrogens (tertiary/aromatic N) is 9. The van der Waals surface area contributed by atoms with E-state index in [1.54, 1.807) is 45.0 Å². The number of benzene rings is 2. The number of ketones is 2. The number of aliphatic hydroxyl groups excluding tert-OH is 2. The van der Waals surface area contributed by atoms with E-state index in [2.05, 4.69) is 37.4 Å². The number of aliphatic hydroxyl groups is 2. The summed E-state index contributed by atoms with van der Waals surface area (Å²) < 4.78 is 79.9. The van der Waals surface area contributed by atoms with Gasteiger partial charge in [0.2, 0.25) is 11.6 Å². The quantitative estimate of drug-likeness (QED) is 0.0756. The van der Waals surface area contributed by atoms with Crippen molar-refractivity contribution in [1.29, 1.82) is 10.5 Å². The van der Waals surface area contributed by atoms with E-state index in [0.29, 0.717) is 127 Å². The lowest BCUT2D eigenvalue weighted by Crippen LogP contribution is -2.38. The number of nitrogens with one attached hydrogen (secondary N) is 1. The Balaban J connectivity index is 0.000000210. The summed E-state index contributed by atoms with van der Waals surface area (Å²) in [5.74, 6) is -1.43. The average Bonchev–Trinajstić information content (AvgIpc) is 4.11. The van der Waals surface area contributed by atoms with Crippen LogP contribution in [0.1, 0.15) is 111 Å². The van der Waals surface area contributed by atoms with Gasteiger partial charge < -0.3 is 30.2 Å². The summed E-state index contributed by atoms with van der Waals surface area (Å²) in [5.41, 5.74) is 3.22. The minimum Gasteiger partial charge on any atom is -0.396 e. The zero-order valence-corrected chi connectivity index (χ0v) is 41.3. The number of aromatic nitrogens is 4. The fraction of sp³-hybridized carbons (Fsp3) is 0.538. The third-order valence-electron chi connectivity index (χ3n) is 13.6. The number of hydrogen-bond acceptors (Lipinski definition) is 14. The number of aryl methyl sites for hydroxylation is 2. The van der Waals surface area contributed by atoms with Crippen molar-refractivity contribution in [2.45, 2.75) is 114 Å². The van der Waals surface area contributed by atoms with Gasteiger partial charge in [-0.2, -0.15) is 36.9 Å². The predicted molar refractivity (Wildman–Crippen MR) is 263 cm³/mol. The summed E-state index contributed by atoms with van der Waals surface area (Å²) in [7, 11) is 0. The lowest BCUT2D eigenvalue weighted by Gasteiger charge is -2.33. The number of nitriles is 2. The second-order valence-corrected chi connectivity index (χ2v) is 19.1. The minimum absolute atomic E-state index is 0.00127. The molecule has 2 aromatic heterocycles. The van der Waals surface area contributed by atoms with Crippen LogP contribution in [0.5, 0.6) is 0 Å². The first-order chi connectivity index (χ1) is 35.0. The SMILES string of the molecule is N#Cc1ccc(CCCC(=O)[C@@H]2CCCN2c2cc(Cl)nc(C(F)(F)F)n2)cc1.N#Cc1ccc(CCCC(=O)[C@@H]2CCCN2c2cc(N3CCC(CO)CC3)nc(C(F)(F)F)n2)cc1.OCC1CCNCC1. The predicted octanol–water partition coefficient (Wildman–Crippen LogP) is 8.70. The fourth-order valence-corrected chi connectivity index (χ4v) is 9.63. The van der Waals surface area contributed by atoms with Gasteiger partial charge in [-0.15, -0.1) is 0 Å². The maximum Gasteiger partial charge on any atom is 0.451 e. The van der Waals surface area contributed by atoms with Crippen molar-refractivity contribution in [2.24, 2.45) is 11.8 Å². The second kappa shape index (κ2) is 26.9. The highest BCUT2D eigenvalue weighted by Gasteiger charge is 2.40. The third kappa shape index (κ3) is 16.5. The Hall–Kier alpha value is -5.93. The van der Waals surface area contributed by atoms with Gasteiger partial charge in [0.05, 0.1) is 35.3 Å². The van der Waals surface area contributed by atoms with Crippen LogP contribution in [-0.2, 0) is 34.8 Å². The van der Waals surface area contributed by atoms with Crippen LogP contribution in [0.2, 0.25) is 5.15 Å². The molecule has 392 valence electrons. The minimum atomic E-state index is -4.71. The van der Waals surface area contributed by atoms with Gasteiger partial charge in [-0.25, -0.2) is 19.9 Å². The van der Waals surface area contributed by atoms with Crippen molar-refractivity contribution >= 4 is 40.6 Å². The first-order valence-electron chi connectivity index (χ1n) is 24.8. The Labute approximate surface area is 426 Å². The second-order valence-electron chi connectivity index (χ2n) is 18.7. The molecule has 0 bridgehead atoms. The first-order valence-corrected chi connectivity index (χ1v) is 25.2. The standard InChI is InChI=1S/C26H30F3N5O2.C20H18ClF3N4O.C6H13NO/c27-26(28,29)25-31-23(33-13-10-20(17-35)11-14-33)15-24(32-25)34-12-2-4-21(34)22(36)5-1-3-18-6-8-19(16-30)9-7-18;21-17-11-18(27-19(26-17)20(22,23)24)28-10-2-4-15(28)16(29)5-1-3-13-6-8-14(12-25)9-7-13;8-5-6-1-3-7-4-2-6/h6-9,15,20-21,35H,1-5,10-14,17H2;6-9,11,15H,1-5,10H2;6-8H,1-5H2/t21-;15-;/m00./s1. The Morgan fingerprint density at radius 3 is 1.47 bits per heavy atom. The lowest BCUT2D eigenvalue weighted by molar-refractivity contribution is -0.145. The number of piperidine rings is 2. The van der Waals surface area contributed by atoms with Crippen LogP contribution in [0.4, 0.5) is 43.8 Å². The van der Waals surface area contributed by atoms with Gasteiger partial charge in [-0.1, -0.05) is 35.9 Å². The highest BCUT2D eigenvalue weighted by Crippen LogP contribution is 2.35. The molecule has 4 aliphatic rings. The van der Waals surface area contributed by atoms with Gasteiger partial charge in [0.1, 0.15) is 22.6 Å². The molecule has 0 saturated carbocycles. The Morgan fingerprint density at radius 1 is 0.616 bits per heavy atom. The van der Waals surface area contributed by atoms with E-state index in [1.807, 2.05) is 24.3 Å². The molecule has 73 heavy (non-hydrogen) atoms. The summed E-state index contributed by atoms with van der Waals surface area (Å²) in [4.78, 5) is 45.3. The summed E-state index contributed by atoms with van der Waals surface area (Å²) >= 11 is 5.75. The molecule has 21 heteroatoms. The van der Waals surface area contributed by atoms with Crippen molar-refractivity contribution in [2.75, 3.05) is 67.2 Å². The molecule has 2 atom stereocenters. The van der Waals surface area contributed by atoms with E-state index >= 15 is 0 Å². The van der Waals surface area contributed by atoms with Crippen molar-refractivity contribution in [3.63, 3.8) is 0 Å². The lowest BCUT2D eigenvalue weighted by atomic mass is 9.98. The van der Waals surface area contributed by atoms with Gasteiger partial charge in [0.25, 0.3) is 0 Å². The van der Waals surface area contributed by atoms with Crippen LogP contribution < -0.4 is 20.0 Å². The molecule has 0 spiro atoms. The summed E-state index contributed by atoms with van der Waals surface area (Å²) in [6, 6.07) is 20.3. The molecular weight excluding hydrogens is 978 g/mol. The molecular formula is C52H61ClF6N10O4. The highest BCUT2D eigenvalue weighted by atomic mass is 35.5. The van der Waals surface area contributed by atoms with Gasteiger partial charge in [-0.05, 0) is 137 Å². The molecule has 14 nitrogen and oxygen atoms in total. The Bertz CT molecular complexity index is 2510. The molecule has 0 radical (unpaired) electrons. The smallest absolute Gasteiger partial charge is 0.396 e. The van der Waals surface area contributed by atoms with Crippen LogP contribution in [0, 0.1) is 34.5 Å². The molecule has 4 saturated heterocycles. The summed E-state index contributed by atoms with van der Waals surface area (Å²) in [6.45, 7) is 4.55. The zero-order chi connectivity index (χ0) is 52.5. The molecule has 3 N–H and O–H groups in total. The molecule has 4 aliphatic heterocycles. The van der Waals surface area contributed by atoms with E-state index in [9.17, 15) is 41.0 Å². The Kier molecular flexibility index (Phi) is 20.7. The Morgan fingerprint density at radius 2 is 1.04 bits per heavy atom. The van der Waals surface area contributed by atoms with E-state index in [1.165, 1.54) is 6.07 Å².